The highest BCUT2D eigenvalue weighted by molar-refractivity contribution is 5.97. The zero-order chi connectivity index (χ0) is 13.8. The molecule has 1 N–H and O–H groups in total. The summed E-state index contributed by atoms with van der Waals surface area (Å²) >= 11 is 0. The molecular weight excluding hydrogens is 240 g/mol. The van der Waals surface area contributed by atoms with Crippen LogP contribution in [0, 0.1) is 5.92 Å². The lowest BCUT2D eigenvalue weighted by molar-refractivity contribution is 0.0952. The molecule has 0 aromatic carbocycles. The van der Waals surface area contributed by atoms with E-state index in [-0.39, 0.29) is 5.91 Å². The van der Waals surface area contributed by atoms with E-state index in [1.54, 1.807) is 10.9 Å². The van der Waals surface area contributed by atoms with E-state index < -0.39 is 0 Å². The first kappa shape index (κ1) is 13.4. The zero-order valence-corrected chi connectivity index (χ0v) is 11.6. The van der Waals surface area contributed by atoms with Gasteiger partial charge in [-0.15, -0.1) is 0 Å². The van der Waals surface area contributed by atoms with Crippen molar-refractivity contribution in [3.05, 3.63) is 36.3 Å². The molecule has 2 rings (SSSR count). The molecule has 0 radical (unpaired) electrons. The van der Waals surface area contributed by atoms with Crippen molar-refractivity contribution in [3.8, 4) is 5.82 Å². The number of nitrogens with zero attached hydrogens (tertiary/aromatic N) is 3. The van der Waals surface area contributed by atoms with Crippen molar-refractivity contribution < 1.29 is 4.79 Å². The molecule has 2 aromatic heterocycles. The van der Waals surface area contributed by atoms with E-state index in [9.17, 15) is 4.79 Å². The number of nitrogens with one attached hydrogen (secondary N) is 1. The predicted octanol–water partition coefficient (Wildman–Crippen LogP) is 1.99. The van der Waals surface area contributed by atoms with Crippen LogP contribution >= 0.6 is 0 Å². The van der Waals surface area contributed by atoms with Crippen molar-refractivity contribution in [2.24, 2.45) is 13.0 Å². The van der Waals surface area contributed by atoms with Crippen LogP contribution in [0.5, 0.6) is 0 Å². The van der Waals surface area contributed by atoms with Crippen LogP contribution in [0.25, 0.3) is 5.82 Å². The first-order valence-corrected chi connectivity index (χ1v) is 6.53. The highest BCUT2D eigenvalue weighted by atomic mass is 16.1. The second-order valence-electron chi connectivity index (χ2n) is 5.03. The van der Waals surface area contributed by atoms with Crippen LogP contribution in [-0.2, 0) is 7.05 Å². The van der Waals surface area contributed by atoms with Crippen LogP contribution in [0.3, 0.4) is 0 Å². The van der Waals surface area contributed by atoms with Gasteiger partial charge in [0.25, 0.3) is 5.91 Å². The molecule has 0 spiro atoms. The van der Waals surface area contributed by atoms with Crippen molar-refractivity contribution in [1.82, 2.24) is 19.7 Å². The molecule has 0 saturated heterocycles. The van der Waals surface area contributed by atoms with Crippen molar-refractivity contribution in [3.63, 3.8) is 0 Å². The summed E-state index contributed by atoms with van der Waals surface area (Å²) in [6.45, 7) is 4.97. The summed E-state index contributed by atoms with van der Waals surface area (Å²) in [5.41, 5.74) is 0.599. The Labute approximate surface area is 113 Å². The SMILES string of the molecule is CC(C)CCNC(=O)c1cnn(C)c1-n1cccc1. The maximum Gasteiger partial charge on any atom is 0.256 e. The molecule has 1 amide bonds. The quantitative estimate of drug-likeness (QED) is 0.893. The van der Waals surface area contributed by atoms with Gasteiger partial charge in [0.15, 0.2) is 0 Å². The molecule has 0 fully saturated rings. The third-order valence-electron chi connectivity index (χ3n) is 3.01. The highest BCUT2D eigenvalue weighted by Crippen LogP contribution is 2.13. The van der Waals surface area contributed by atoms with Crippen LogP contribution in [0.2, 0.25) is 0 Å². The van der Waals surface area contributed by atoms with Gasteiger partial charge >= 0.3 is 0 Å². The molecule has 19 heavy (non-hydrogen) atoms. The van der Waals surface area contributed by atoms with Gasteiger partial charge in [-0.25, -0.2) is 0 Å². The van der Waals surface area contributed by atoms with Crippen molar-refractivity contribution in [2.75, 3.05) is 6.54 Å². The lowest BCUT2D eigenvalue weighted by Gasteiger charge is -2.09. The molecule has 0 unspecified atom stereocenters. The second-order valence-corrected chi connectivity index (χ2v) is 5.03. The van der Waals surface area contributed by atoms with Gasteiger partial charge in [-0.3, -0.25) is 9.48 Å². The van der Waals surface area contributed by atoms with E-state index in [4.69, 9.17) is 0 Å². The number of aryl methyl sites for hydroxylation is 1. The standard InChI is InChI=1S/C14H20N4O/c1-11(2)6-7-15-13(19)12-10-16-17(3)14(12)18-8-4-5-9-18/h4-5,8-11H,6-7H2,1-3H3,(H,15,19). The molecule has 5 heteroatoms. The molecule has 2 heterocycles. The molecular formula is C14H20N4O. The van der Waals surface area contributed by atoms with E-state index in [1.807, 2.05) is 36.1 Å². The molecule has 0 bridgehead atoms. The first-order chi connectivity index (χ1) is 9.09. The summed E-state index contributed by atoms with van der Waals surface area (Å²) < 4.78 is 3.60. The molecule has 0 saturated carbocycles. The number of carbonyl (C=O) groups is 1. The number of amides is 1. The molecule has 5 nitrogen and oxygen atoms in total. The number of aromatic nitrogens is 3. The van der Waals surface area contributed by atoms with Gasteiger partial charge in [0, 0.05) is 26.0 Å². The third kappa shape index (κ3) is 3.05. The maximum atomic E-state index is 12.2. The molecule has 0 aliphatic carbocycles. The van der Waals surface area contributed by atoms with E-state index in [0.717, 1.165) is 12.2 Å². The summed E-state index contributed by atoms with van der Waals surface area (Å²) in [7, 11) is 1.83. The van der Waals surface area contributed by atoms with Crippen LogP contribution in [0.4, 0.5) is 0 Å². The Morgan fingerprint density at radius 3 is 2.68 bits per heavy atom. The lowest BCUT2D eigenvalue weighted by Crippen LogP contribution is -2.26. The normalized spacial score (nSPS) is 10.9. The minimum atomic E-state index is -0.0718. The Balaban J connectivity index is 2.15. The molecule has 0 aliphatic rings. The van der Waals surface area contributed by atoms with Gasteiger partial charge in [0.1, 0.15) is 11.4 Å². The average Bonchev–Trinajstić information content (AvgIpc) is 2.96. The number of rotatable bonds is 5. The van der Waals surface area contributed by atoms with E-state index in [0.29, 0.717) is 18.0 Å². The summed E-state index contributed by atoms with van der Waals surface area (Å²) in [4.78, 5) is 12.2. The second kappa shape index (κ2) is 5.73. The van der Waals surface area contributed by atoms with Crippen LogP contribution in [-0.4, -0.2) is 26.8 Å². The van der Waals surface area contributed by atoms with Gasteiger partial charge in [-0.1, -0.05) is 13.8 Å². The van der Waals surface area contributed by atoms with Gasteiger partial charge in [-0.05, 0) is 24.5 Å². The topological polar surface area (TPSA) is 51.9 Å². The van der Waals surface area contributed by atoms with Gasteiger partial charge in [0.2, 0.25) is 0 Å². The average molecular weight is 260 g/mol. The maximum absolute atomic E-state index is 12.2. The number of hydrogen-bond acceptors (Lipinski definition) is 2. The summed E-state index contributed by atoms with van der Waals surface area (Å²) in [6, 6.07) is 3.85. The Bertz CT molecular complexity index is 540. The number of hydrogen-bond donors (Lipinski definition) is 1. The van der Waals surface area contributed by atoms with Crippen LogP contribution in [0.1, 0.15) is 30.6 Å². The Hall–Kier alpha value is -2.04. The smallest absolute Gasteiger partial charge is 0.256 e. The lowest BCUT2D eigenvalue weighted by atomic mass is 10.1. The fraction of sp³-hybridized carbons (Fsp3) is 0.429. The van der Waals surface area contributed by atoms with Crippen molar-refractivity contribution in [1.29, 1.82) is 0 Å². The van der Waals surface area contributed by atoms with Gasteiger partial charge < -0.3 is 9.88 Å². The first-order valence-electron chi connectivity index (χ1n) is 6.53. The summed E-state index contributed by atoms with van der Waals surface area (Å²) in [6.07, 6.45) is 6.40. The van der Waals surface area contributed by atoms with Crippen molar-refractivity contribution >= 4 is 5.91 Å². The van der Waals surface area contributed by atoms with Gasteiger partial charge in [0.05, 0.1) is 6.20 Å². The monoisotopic (exact) mass is 260 g/mol. The fourth-order valence-electron chi connectivity index (χ4n) is 1.94. The zero-order valence-electron chi connectivity index (χ0n) is 11.6. The minimum absolute atomic E-state index is 0.0718. The minimum Gasteiger partial charge on any atom is -0.352 e. The molecule has 102 valence electrons. The van der Waals surface area contributed by atoms with Gasteiger partial charge in [-0.2, -0.15) is 5.10 Å². The molecule has 0 atom stereocenters. The predicted molar refractivity (Wildman–Crippen MR) is 74.3 cm³/mol. The van der Waals surface area contributed by atoms with E-state index in [2.05, 4.69) is 24.3 Å². The largest absolute Gasteiger partial charge is 0.352 e. The van der Waals surface area contributed by atoms with E-state index >= 15 is 0 Å². The van der Waals surface area contributed by atoms with E-state index in [1.165, 1.54) is 0 Å². The van der Waals surface area contributed by atoms with Crippen LogP contribution in [0.15, 0.2) is 30.7 Å². The third-order valence-corrected chi connectivity index (χ3v) is 3.01. The van der Waals surface area contributed by atoms with Crippen LogP contribution < -0.4 is 5.32 Å². The summed E-state index contributed by atoms with van der Waals surface area (Å²) in [5.74, 6) is 1.29. The Morgan fingerprint density at radius 1 is 1.37 bits per heavy atom. The number of carbonyl (C=O) groups excluding carboxylic acids is 1. The highest BCUT2D eigenvalue weighted by Gasteiger charge is 2.16. The Kier molecular flexibility index (Phi) is 4.04. The fourth-order valence-corrected chi connectivity index (χ4v) is 1.94. The van der Waals surface area contributed by atoms with Crippen molar-refractivity contribution in [2.45, 2.75) is 20.3 Å². The Morgan fingerprint density at radius 2 is 2.05 bits per heavy atom. The summed E-state index contributed by atoms with van der Waals surface area (Å²) in [5, 5.41) is 7.11. The molecule has 0 aliphatic heterocycles. The molecule has 2 aromatic rings.